The molecule has 0 radical (unpaired) electrons. The fourth-order valence-corrected chi connectivity index (χ4v) is 2.60. The Kier molecular flexibility index (Phi) is 5.04. The summed E-state index contributed by atoms with van der Waals surface area (Å²) in [6.45, 7) is 0.506. The molecule has 1 heterocycles. The fraction of sp³-hybridized carbons (Fsp3) is 0.278. The van der Waals surface area contributed by atoms with E-state index in [1.807, 2.05) is 0 Å². The van der Waals surface area contributed by atoms with Crippen LogP contribution in [0.1, 0.15) is 21.5 Å². The summed E-state index contributed by atoms with van der Waals surface area (Å²) in [4.78, 5) is 12.4. The fourth-order valence-electron chi connectivity index (χ4n) is 2.60. The third kappa shape index (κ3) is 3.83. The van der Waals surface area contributed by atoms with Gasteiger partial charge in [-0.3, -0.25) is 4.79 Å². The van der Waals surface area contributed by atoms with Gasteiger partial charge in [0.05, 0.1) is 20.8 Å². The molecule has 1 N–H and O–H groups in total. The molecular weight excluding hydrogens is 329 g/mol. The average molecular weight is 347 g/mol. The zero-order valence-corrected chi connectivity index (χ0v) is 13.9. The van der Waals surface area contributed by atoms with Gasteiger partial charge in [-0.1, -0.05) is 0 Å². The smallest absolute Gasteiger partial charge is 0.251 e. The van der Waals surface area contributed by atoms with Crippen molar-refractivity contribution in [2.45, 2.75) is 13.2 Å². The first-order valence-electron chi connectivity index (χ1n) is 7.64. The quantitative estimate of drug-likeness (QED) is 0.901. The average Bonchev–Trinajstić information content (AvgIpc) is 2.65. The van der Waals surface area contributed by atoms with Crippen LogP contribution in [0.4, 0.5) is 4.39 Å². The summed E-state index contributed by atoms with van der Waals surface area (Å²) < 4.78 is 34.6. The van der Waals surface area contributed by atoms with Crippen molar-refractivity contribution in [2.24, 2.45) is 0 Å². The van der Waals surface area contributed by atoms with Gasteiger partial charge >= 0.3 is 0 Å². The monoisotopic (exact) mass is 347 g/mol. The number of amides is 1. The highest BCUT2D eigenvalue weighted by molar-refractivity contribution is 5.95. The van der Waals surface area contributed by atoms with Crippen molar-refractivity contribution in [3.63, 3.8) is 0 Å². The first-order chi connectivity index (χ1) is 12.1. The van der Waals surface area contributed by atoms with E-state index < -0.39 is 5.82 Å². The minimum Gasteiger partial charge on any atom is -0.497 e. The molecule has 0 spiro atoms. The number of carbonyl (C=O) groups excluding carboxylic acids is 1. The summed E-state index contributed by atoms with van der Waals surface area (Å²) in [7, 11) is 3.02. The summed E-state index contributed by atoms with van der Waals surface area (Å²) in [6.07, 6.45) is 0. The highest BCUT2D eigenvalue weighted by Crippen LogP contribution is 2.29. The molecule has 0 saturated heterocycles. The molecule has 0 unspecified atom stereocenters. The topological polar surface area (TPSA) is 66.0 Å². The predicted molar refractivity (Wildman–Crippen MR) is 87.4 cm³/mol. The zero-order valence-electron chi connectivity index (χ0n) is 13.9. The summed E-state index contributed by atoms with van der Waals surface area (Å²) in [6, 6.07) is 7.59. The lowest BCUT2D eigenvalue weighted by atomic mass is 10.1. The normalized spacial score (nSPS) is 12.8. The van der Waals surface area contributed by atoms with Crippen LogP contribution in [-0.2, 0) is 17.9 Å². The maximum absolute atomic E-state index is 13.7. The van der Waals surface area contributed by atoms with Crippen molar-refractivity contribution < 1.29 is 28.1 Å². The highest BCUT2D eigenvalue weighted by Gasteiger charge is 2.18. The van der Waals surface area contributed by atoms with E-state index in [1.165, 1.54) is 26.4 Å². The van der Waals surface area contributed by atoms with Crippen molar-refractivity contribution in [1.29, 1.82) is 0 Å². The van der Waals surface area contributed by atoms with Gasteiger partial charge in [-0.25, -0.2) is 4.39 Å². The van der Waals surface area contributed by atoms with Gasteiger partial charge in [-0.15, -0.1) is 0 Å². The molecule has 0 bridgehead atoms. The maximum atomic E-state index is 13.7. The molecule has 0 aromatic heterocycles. The predicted octanol–water partition coefficient (Wildman–Crippen LogP) is 2.64. The summed E-state index contributed by atoms with van der Waals surface area (Å²) in [5.74, 6) is 0.833. The molecule has 25 heavy (non-hydrogen) atoms. The van der Waals surface area contributed by atoms with Gasteiger partial charge < -0.3 is 24.3 Å². The third-order valence-corrected chi connectivity index (χ3v) is 3.80. The molecule has 2 aromatic carbocycles. The standard InChI is InChI=1S/C18H18FNO5/c1-22-15-5-11(6-16(7-15)23-2)18(21)20-8-12-3-14(19)4-13-9-24-10-25-17(12)13/h3-7H,8-10H2,1-2H3,(H,20,21). The van der Waals surface area contributed by atoms with E-state index in [9.17, 15) is 9.18 Å². The van der Waals surface area contributed by atoms with Gasteiger partial charge in [0.25, 0.3) is 5.91 Å². The van der Waals surface area contributed by atoms with E-state index in [0.717, 1.165) is 0 Å². The Morgan fingerprint density at radius 3 is 2.56 bits per heavy atom. The van der Waals surface area contributed by atoms with Crippen LogP contribution < -0.4 is 19.5 Å². The largest absolute Gasteiger partial charge is 0.497 e. The van der Waals surface area contributed by atoms with Crippen LogP contribution in [0.3, 0.4) is 0 Å². The first-order valence-corrected chi connectivity index (χ1v) is 7.64. The van der Waals surface area contributed by atoms with E-state index in [0.29, 0.717) is 33.9 Å². The lowest BCUT2D eigenvalue weighted by Gasteiger charge is -2.21. The number of hydrogen-bond acceptors (Lipinski definition) is 5. The maximum Gasteiger partial charge on any atom is 0.251 e. The van der Waals surface area contributed by atoms with Gasteiger partial charge in [-0.2, -0.15) is 0 Å². The molecule has 2 aromatic rings. The molecule has 6 nitrogen and oxygen atoms in total. The molecule has 0 fully saturated rings. The van der Waals surface area contributed by atoms with Crippen molar-refractivity contribution in [3.8, 4) is 17.2 Å². The van der Waals surface area contributed by atoms with Crippen LogP contribution in [-0.4, -0.2) is 26.9 Å². The zero-order chi connectivity index (χ0) is 17.8. The second kappa shape index (κ2) is 7.40. The molecule has 132 valence electrons. The first kappa shape index (κ1) is 17.0. The number of fused-ring (bicyclic) bond motifs is 1. The SMILES string of the molecule is COc1cc(OC)cc(C(=O)NCc2cc(F)cc3c2OCOC3)c1. The summed E-state index contributed by atoms with van der Waals surface area (Å²) >= 11 is 0. The number of hydrogen-bond donors (Lipinski definition) is 1. The molecular formula is C18H18FNO5. The van der Waals surface area contributed by atoms with Crippen LogP contribution in [0.25, 0.3) is 0 Å². The molecule has 0 aliphatic carbocycles. The number of nitrogens with one attached hydrogen (secondary N) is 1. The number of rotatable bonds is 5. The van der Waals surface area contributed by atoms with Crippen LogP contribution >= 0.6 is 0 Å². The Balaban J connectivity index is 1.78. The van der Waals surface area contributed by atoms with Crippen LogP contribution in [0, 0.1) is 5.82 Å². The van der Waals surface area contributed by atoms with E-state index in [-0.39, 0.29) is 25.9 Å². The van der Waals surface area contributed by atoms with Crippen molar-refractivity contribution in [2.75, 3.05) is 21.0 Å². The number of methoxy groups -OCH3 is 2. The Morgan fingerprint density at radius 2 is 1.88 bits per heavy atom. The number of halogens is 1. The molecule has 3 rings (SSSR count). The Morgan fingerprint density at radius 1 is 1.16 bits per heavy atom. The number of ether oxygens (including phenoxy) is 4. The van der Waals surface area contributed by atoms with Crippen molar-refractivity contribution in [1.82, 2.24) is 5.32 Å². The van der Waals surface area contributed by atoms with Gasteiger partial charge in [0.1, 0.15) is 23.1 Å². The Hall–Kier alpha value is -2.80. The second-order valence-electron chi connectivity index (χ2n) is 5.45. The van der Waals surface area contributed by atoms with E-state index in [2.05, 4.69) is 5.32 Å². The molecule has 0 atom stereocenters. The molecule has 1 aliphatic heterocycles. The van der Waals surface area contributed by atoms with E-state index in [1.54, 1.807) is 18.2 Å². The summed E-state index contributed by atoms with van der Waals surface area (Å²) in [5.41, 5.74) is 1.56. The van der Waals surface area contributed by atoms with Crippen LogP contribution in [0.15, 0.2) is 30.3 Å². The lowest BCUT2D eigenvalue weighted by Crippen LogP contribution is -2.24. The lowest BCUT2D eigenvalue weighted by molar-refractivity contribution is -0.0173. The molecule has 7 heteroatoms. The third-order valence-electron chi connectivity index (χ3n) is 3.80. The molecule has 1 aliphatic rings. The number of benzene rings is 2. The van der Waals surface area contributed by atoms with Crippen molar-refractivity contribution in [3.05, 3.63) is 52.8 Å². The Bertz CT molecular complexity index is 771. The number of carbonyl (C=O) groups is 1. The van der Waals surface area contributed by atoms with Crippen LogP contribution in [0.2, 0.25) is 0 Å². The van der Waals surface area contributed by atoms with E-state index >= 15 is 0 Å². The van der Waals surface area contributed by atoms with Crippen LogP contribution in [0.5, 0.6) is 17.2 Å². The van der Waals surface area contributed by atoms with Gasteiger partial charge in [0, 0.05) is 29.3 Å². The minimum absolute atomic E-state index is 0.104. The second-order valence-corrected chi connectivity index (χ2v) is 5.45. The van der Waals surface area contributed by atoms with Crippen molar-refractivity contribution >= 4 is 5.91 Å². The van der Waals surface area contributed by atoms with Gasteiger partial charge in [-0.05, 0) is 24.3 Å². The minimum atomic E-state index is -0.403. The van der Waals surface area contributed by atoms with Gasteiger partial charge in [0.15, 0.2) is 6.79 Å². The highest BCUT2D eigenvalue weighted by atomic mass is 19.1. The van der Waals surface area contributed by atoms with Gasteiger partial charge in [0.2, 0.25) is 0 Å². The van der Waals surface area contributed by atoms with E-state index in [4.69, 9.17) is 18.9 Å². The Labute approximate surface area is 144 Å². The molecule has 1 amide bonds. The molecule has 0 saturated carbocycles. The summed E-state index contributed by atoms with van der Waals surface area (Å²) in [5, 5.41) is 2.76.